The number of nitrogens with one attached hydrogen (secondary N) is 1. The molecule has 0 fully saturated rings. The van der Waals surface area contributed by atoms with Gasteiger partial charge in [0, 0.05) is 6.42 Å². The normalized spacial score (nSPS) is 11.9. The Labute approximate surface area is 281 Å². The molecule has 0 unspecified atom stereocenters. The van der Waals surface area contributed by atoms with Gasteiger partial charge < -0.3 is 19.3 Å². The monoisotopic (exact) mass is 663 g/mol. The number of alkyl halides is 3. The summed E-state index contributed by atoms with van der Waals surface area (Å²) in [5.74, 6) is 1.26. The maximum atomic E-state index is 13.7. The van der Waals surface area contributed by atoms with Gasteiger partial charge in [0.05, 0.1) is 18.2 Å². The van der Waals surface area contributed by atoms with Crippen LogP contribution in [0.2, 0.25) is 0 Å². The van der Waals surface area contributed by atoms with E-state index in [1.54, 1.807) is 25.1 Å². The third-order valence-electron chi connectivity index (χ3n) is 7.97. The van der Waals surface area contributed by atoms with E-state index in [1.807, 2.05) is 78.9 Å². The second-order valence-electron chi connectivity index (χ2n) is 11.4. The van der Waals surface area contributed by atoms with Crippen molar-refractivity contribution in [2.45, 2.75) is 32.2 Å². The first-order valence-corrected chi connectivity index (χ1v) is 15.5. The number of aryl methyl sites for hydroxylation is 1. The van der Waals surface area contributed by atoms with E-state index < -0.39 is 23.7 Å². The molecular weight excluding hydrogens is 631 g/mol. The Hall–Kier alpha value is -5.90. The van der Waals surface area contributed by atoms with E-state index in [0.717, 1.165) is 40.1 Å². The molecule has 0 aliphatic rings. The van der Waals surface area contributed by atoms with Crippen LogP contribution in [-0.2, 0) is 19.2 Å². The number of hydrogen-bond acceptors (Lipinski definition) is 6. The zero-order valence-electron chi connectivity index (χ0n) is 26.7. The number of halogens is 3. The lowest BCUT2D eigenvalue weighted by Gasteiger charge is -2.17. The Balaban J connectivity index is 1.17. The number of methoxy groups -OCH3 is 1. The largest absolute Gasteiger partial charge is 0.496 e. The van der Waals surface area contributed by atoms with E-state index in [9.17, 15) is 18.0 Å². The zero-order chi connectivity index (χ0) is 34.4. The molecule has 0 radical (unpaired) electrons. The van der Waals surface area contributed by atoms with E-state index in [1.165, 1.54) is 19.2 Å². The summed E-state index contributed by atoms with van der Waals surface area (Å²) in [6.07, 6.45) is -4.10. The predicted molar refractivity (Wildman–Crippen MR) is 179 cm³/mol. The van der Waals surface area contributed by atoms with E-state index in [2.05, 4.69) is 15.5 Å². The lowest BCUT2D eigenvalue weighted by atomic mass is 9.99. The second-order valence-corrected chi connectivity index (χ2v) is 11.4. The van der Waals surface area contributed by atoms with E-state index >= 15 is 0 Å². The van der Waals surface area contributed by atoms with Gasteiger partial charge in [-0.05, 0) is 76.7 Å². The highest BCUT2D eigenvalue weighted by atomic mass is 19.4. The van der Waals surface area contributed by atoms with Crippen LogP contribution in [0.1, 0.15) is 44.8 Å². The van der Waals surface area contributed by atoms with Gasteiger partial charge in [0.15, 0.2) is 5.82 Å². The summed E-state index contributed by atoms with van der Waals surface area (Å²) < 4.78 is 56.1. The van der Waals surface area contributed by atoms with Crippen LogP contribution < -0.4 is 14.8 Å². The number of carbonyl (C=O) groups is 1. The molecule has 1 N–H and O–H groups in total. The highest BCUT2D eigenvalue weighted by Crippen LogP contribution is 2.33. The third kappa shape index (κ3) is 8.16. The van der Waals surface area contributed by atoms with Crippen molar-refractivity contribution < 1.29 is 32.0 Å². The molecule has 0 saturated heterocycles. The fraction of sp³-hybridized carbons (Fsp3) is 0.154. The Morgan fingerprint density at radius 1 is 0.796 bits per heavy atom. The van der Waals surface area contributed by atoms with Crippen molar-refractivity contribution in [2.24, 2.45) is 0 Å². The fourth-order valence-electron chi connectivity index (χ4n) is 5.36. The summed E-state index contributed by atoms with van der Waals surface area (Å²) in [6, 6.07) is 34.8. The minimum absolute atomic E-state index is 0.202. The van der Waals surface area contributed by atoms with Gasteiger partial charge in [-0.2, -0.15) is 18.2 Å². The Morgan fingerprint density at radius 2 is 1.41 bits per heavy atom. The van der Waals surface area contributed by atoms with Crippen molar-refractivity contribution in [3.8, 4) is 33.8 Å². The number of carbonyl (C=O) groups excluding carboxylic acids is 1. The molecule has 0 spiro atoms. The Kier molecular flexibility index (Phi) is 9.75. The van der Waals surface area contributed by atoms with Crippen LogP contribution in [0.3, 0.4) is 0 Å². The molecule has 49 heavy (non-hydrogen) atoms. The topological polar surface area (TPSA) is 86.5 Å². The quantitative estimate of drug-likeness (QED) is 0.149. The number of hydrogen-bond donors (Lipinski definition) is 1. The molecule has 7 nitrogen and oxygen atoms in total. The first-order chi connectivity index (χ1) is 23.7. The number of nitrogens with zero attached hydrogens (tertiary/aromatic N) is 2. The predicted octanol–water partition coefficient (Wildman–Crippen LogP) is 9.03. The molecule has 1 atom stereocenters. The highest BCUT2D eigenvalue weighted by Gasteiger charge is 2.30. The van der Waals surface area contributed by atoms with Crippen LogP contribution in [0, 0.1) is 6.92 Å². The summed E-state index contributed by atoms with van der Waals surface area (Å²) in [7, 11) is 1.44. The fourth-order valence-corrected chi connectivity index (χ4v) is 5.36. The van der Waals surface area contributed by atoms with Crippen molar-refractivity contribution >= 4 is 5.91 Å². The molecule has 1 amide bonds. The van der Waals surface area contributed by atoms with Gasteiger partial charge in [-0.1, -0.05) is 90.1 Å². The minimum Gasteiger partial charge on any atom is -0.496 e. The molecule has 0 aliphatic carbocycles. The summed E-state index contributed by atoms with van der Waals surface area (Å²) in [4.78, 5) is 18.1. The zero-order valence-corrected chi connectivity index (χ0v) is 26.7. The van der Waals surface area contributed by atoms with Crippen LogP contribution in [0.4, 0.5) is 13.2 Å². The standard InChI is InChI=1S/C39H32F3N3O4/c1-25-43-38(49-45-25)35(44-37(46)34-23-31(16-21-36(34)47-2)30-12-17-32(18-13-30)39(40,41)42)22-26-8-10-28(11-9-26)29-14-19-33(20-15-29)48-24-27-6-4-3-5-7-27/h3-21,23,35H,22,24H2,1-2H3,(H,44,46)/t35-/m1/s1. The van der Waals surface area contributed by atoms with Crippen LogP contribution >= 0.6 is 0 Å². The molecule has 0 aliphatic heterocycles. The number of aromatic nitrogens is 2. The summed E-state index contributed by atoms with van der Waals surface area (Å²) >= 11 is 0. The van der Waals surface area contributed by atoms with Gasteiger partial charge in [-0.25, -0.2) is 0 Å². The van der Waals surface area contributed by atoms with Crippen molar-refractivity contribution in [3.05, 3.63) is 155 Å². The van der Waals surface area contributed by atoms with Crippen LogP contribution in [0.15, 0.2) is 126 Å². The van der Waals surface area contributed by atoms with E-state index in [-0.39, 0.29) is 11.5 Å². The molecule has 0 bridgehead atoms. The molecule has 6 aromatic rings. The van der Waals surface area contributed by atoms with Gasteiger partial charge >= 0.3 is 6.18 Å². The SMILES string of the molecule is COc1ccc(-c2ccc(C(F)(F)F)cc2)cc1C(=O)N[C@H](Cc1ccc(-c2ccc(OCc3ccccc3)cc2)cc1)c1nc(C)no1. The highest BCUT2D eigenvalue weighted by molar-refractivity contribution is 5.98. The average molecular weight is 664 g/mol. The molecular formula is C39H32F3N3O4. The average Bonchev–Trinajstić information content (AvgIpc) is 3.57. The number of benzene rings is 5. The maximum absolute atomic E-state index is 13.7. The Bertz CT molecular complexity index is 2010. The summed E-state index contributed by atoms with van der Waals surface area (Å²) in [6.45, 7) is 2.18. The smallest absolute Gasteiger partial charge is 0.416 e. The molecule has 6 rings (SSSR count). The Morgan fingerprint density at radius 3 is 2.02 bits per heavy atom. The van der Waals surface area contributed by atoms with E-state index in [0.29, 0.717) is 35.7 Å². The lowest BCUT2D eigenvalue weighted by Crippen LogP contribution is -2.30. The third-order valence-corrected chi connectivity index (χ3v) is 7.97. The molecule has 5 aromatic carbocycles. The van der Waals surface area contributed by atoms with Crippen molar-refractivity contribution in [2.75, 3.05) is 7.11 Å². The molecule has 0 saturated carbocycles. The summed E-state index contributed by atoms with van der Waals surface area (Å²) in [5.41, 5.74) is 4.56. The molecule has 10 heteroatoms. The first kappa shape index (κ1) is 33.0. The number of rotatable bonds is 11. The van der Waals surface area contributed by atoms with Gasteiger partial charge in [-0.3, -0.25) is 4.79 Å². The van der Waals surface area contributed by atoms with Crippen LogP contribution in [0.5, 0.6) is 11.5 Å². The molecule has 248 valence electrons. The first-order valence-electron chi connectivity index (χ1n) is 15.5. The van der Waals surface area contributed by atoms with Gasteiger partial charge in [0.25, 0.3) is 5.91 Å². The van der Waals surface area contributed by atoms with Crippen molar-refractivity contribution in [3.63, 3.8) is 0 Å². The van der Waals surface area contributed by atoms with Gasteiger partial charge in [0.1, 0.15) is 24.1 Å². The van der Waals surface area contributed by atoms with Crippen LogP contribution in [-0.4, -0.2) is 23.2 Å². The lowest BCUT2D eigenvalue weighted by molar-refractivity contribution is -0.137. The molecule has 1 heterocycles. The van der Waals surface area contributed by atoms with Gasteiger partial charge in [-0.15, -0.1) is 0 Å². The number of ether oxygens (including phenoxy) is 2. The summed E-state index contributed by atoms with van der Waals surface area (Å²) in [5, 5.41) is 6.90. The van der Waals surface area contributed by atoms with Crippen LogP contribution in [0.25, 0.3) is 22.3 Å². The maximum Gasteiger partial charge on any atom is 0.416 e. The van der Waals surface area contributed by atoms with Crippen molar-refractivity contribution in [1.29, 1.82) is 0 Å². The number of amides is 1. The minimum atomic E-state index is -4.45. The second kappa shape index (κ2) is 14.5. The van der Waals surface area contributed by atoms with Crippen molar-refractivity contribution in [1.82, 2.24) is 15.5 Å². The van der Waals surface area contributed by atoms with Gasteiger partial charge in [0.2, 0.25) is 5.89 Å². The van der Waals surface area contributed by atoms with E-state index in [4.69, 9.17) is 14.0 Å². The molecule has 1 aromatic heterocycles.